The van der Waals surface area contributed by atoms with Crippen molar-refractivity contribution in [1.29, 1.82) is 5.26 Å². The Bertz CT molecular complexity index is 618. The van der Waals surface area contributed by atoms with Crippen molar-refractivity contribution in [3.8, 4) is 6.07 Å². The quantitative estimate of drug-likeness (QED) is 0.884. The van der Waals surface area contributed by atoms with Gasteiger partial charge in [0.2, 0.25) is 0 Å². The van der Waals surface area contributed by atoms with Gasteiger partial charge in [0.1, 0.15) is 11.9 Å². The summed E-state index contributed by atoms with van der Waals surface area (Å²) in [5.41, 5.74) is -0.0910. The molecule has 5 nitrogen and oxygen atoms in total. The van der Waals surface area contributed by atoms with E-state index < -0.39 is 32.6 Å². The van der Waals surface area contributed by atoms with E-state index in [9.17, 15) is 17.6 Å². The van der Waals surface area contributed by atoms with E-state index in [0.29, 0.717) is 0 Å². The summed E-state index contributed by atoms with van der Waals surface area (Å²) in [7, 11) is -3.88. The topological polar surface area (TPSA) is 95.2 Å². The molecule has 0 bridgehead atoms. The van der Waals surface area contributed by atoms with Crippen LogP contribution in [-0.2, 0) is 20.4 Å². The van der Waals surface area contributed by atoms with Gasteiger partial charge in [-0.3, -0.25) is 4.79 Å². The molecule has 1 rings (SSSR count). The molecule has 0 amide bonds. The number of carbonyl (C=O) groups is 1. The first-order valence-electron chi connectivity index (χ1n) is 4.91. The number of hydrogen-bond acceptors (Lipinski definition) is 4. The molecule has 0 aliphatic rings. The molecule has 0 radical (unpaired) electrons. The Balaban J connectivity index is 3.06. The Morgan fingerprint density at radius 1 is 1.56 bits per heavy atom. The highest BCUT2D eigenvalue weighted by Crippen LogP contribution is 2.15. The Morgan fingerprint density at radius 2 is 2.17 bits per heavy atom. The lowest BCUT2D eigenvalue weighted by atomic mass is 10.1. The maximum Gasteiger partial charge on any atom is 0.321 e. The second-order valence-electron chi connectivity index (χ2n) is 3.71. The first-order chi connectivity index (χ1) is 8.27. The van der Waals surface area contributed by atoms with Crippen LogP contribution in [0.1, 0.15) is 18.1 Å². The van der Waals surface area contributed by atoms with Gasteiger partial charge in [-0.15, -0.1) is 0 Å². The van der Waals surface area contributed by atoms with Crippen molar-refractivity contribution >= 4 is 15.8 Å². The predicted octanol–water partition coefficient (Wildman–Crippen LogP) is 1.09. The number of sulfone groups is 1. The summed E-state index contributed by atoms with van der Waals surface area (Å²) in [4.78, 5) is 10.6. The zero-order valence-electron chi connectivity index (χ0n) is 9.42. The van der Waals surface area contributed by atoms with Crippen LogP contribution in [0.4, 0.5) is 4.39 Å². The number of carboxylic acid groups (broad SMARTS) is 1. The van der Waals surface area contributed by atoms with Crippen LogP contribution in [0, 0.1) is 17.1 Å². The number of benzene rings is 1. The number of nitriles is 1. The fourth-order valence-electron chi connectivity index (χ4n) is 1.26. The molecule has 1 aromatic rings. The van der Waals surface area contributed by atoms with E-state index in [4.69, 9.17) is 10.4 Å². The maximum atomic E-state index is 13.0. The zero-order chi connectivity index (χ0) is 13.9. The van der Waals surface area contributed by atoms with Gasteiger partial charge in [-0.2, -0.15) is 5.26 Å². The molecule has 1 aromatic carbocycles. The van der Waals surface area contributed by atoms with Crippen molar-refractivity contribution in [3.63, 3.8) is 0 Å². The first-order valence-corrected chi connectivity index (χ1v) is 6.62. The van der Waals surface area contributed by atoms with E-state index in [1.54, 1.807) is 6.07 Å². The summed E-state index contributed by atoms with van der Waals surface area (Å²) in [5.74, 6) is -2.74. The molecule has 7 heteroatoms. The van der Waals surface area contributed by atoms with Crippen molar-refractivity contribution in [3.05, 3.63) is 35.1 Å². The fraction of sp³-hybridized carbons (Fsp3) is 0.273. The molecule has 1 atom stereocenters. The molecule has 18 heavy (non-hydrogen) atoms. The molecule has 0 aromatic heterocycles. The number of rotatable bonds is 4. The Kier molecular flexibility index (Phi) is 4.03. The SMILES string of the molecule is CC(C(=O)O)S(=O)(=O)Cc1ccc(F)c(C#N)c1. The number of carboxylic acids is 1. The van der Waals surface area contributed by atoms with Crippen molar-refractivity contribution in [1.82, 2.24) is 0 Å². The zero-order valence-corrected chi connectivity index (χ0v) is 10.2. The largest absolute Gasteiger partial charge is 0.480 e. The highest BCUT2D eigenvalue weighted by Gasteiger charge is 2.27. The fourth-order valence-corrected chi connectivity index (χ4v) is 2.46. The molecule has 0 aliphatic carbocycles. The molecule has 0 heterocycles. The normalized spacial score (nSPS) is 12.7. The third kappa shape index (κ3) is 3.05. The van der Waals surface area contributed by atoms with Gasteiger partial charge in [0.15, 0.2) is 15.1 Å². The first kappa shape index (κ1) is 14.1. The van der Waals surface area contributed by atoms with E-state index in [0.717, 1.165) is 19.1 Å². The van der Waals surface area contributed by atoms with Crippen LogP contribution in [0.2, 0.25) is 0 Å². The van der Waals surface area contributed by atoms with Gasteiger partial charge < -0.3 is 5.11 Å². The van der Waals surface area contributed by atoms with Crippen LogP contribution in [-0.4, -0.2) is 24.7 Å². The van der Waals surface area contributed by atoms with E-state index in [1.165, 1.54) is 6.07 Å². The Hall–Kier alpha value is -1.94. The summed E-state index contributed by atoms with van der Waals surface area (Å²) < 4.78 is 36.4. The van der Waals surface area contributed by atoms with Gasteiger partial charge in [0, 0.05) is 0 Å². The summed E-state index contributed by atoms with van der Waals surface area (Å²) >= 11 is 0. The molecule has 0 spiro atoms. The average molecular weight is 271 g/mol. The highest BCUT2D eigenvalue weighted by molar-refractivity contribution is 7.91. The van der Waals surface area contributed by atoms with Gasteiger partial charge >= 0.3 is 5.97 Å². The van der Waals surface area contributed by atoms with Gasteiger partial charge in [0.25, 0.3) is 0 Å². The van der Waals surface area contributed by atoms with Gasteiger partial charge in [-0.25, -0.2) is 12.8 Å². The summed E-state index contributed by atoms with van der Waals surface area (Å²) in [5, 5.41) is 15.7. The third-order valence-corrected chi connectivity index (χ3v) is 4.42. The molecule has 0 aliphatic heterocycles. The predicted molar refractivity (Wildman–Crippen MR) is 60.8 cm³/mol. The smallest absolute Gasteiger partial charge is 0.321 e. The Labute approximate surface area is 103 Å². The lowest BCUT2D eigenvalue weighted by molar-refractivity contribution is -0.136. The minimum atomic E-state index is -3.88. The van der Waals surface area contributed by atoms with Crippen LogP contribution >= 0.6 is 0 Å². The van der Waals surface area contributed by atoms with E-state index >= 15 is 0 Å². The molecule has 0 saturated carbocycles. The number of nitrogens with zero attached hydrogens (tertiary/aromatic N) is 1. The van der Waals surface area contributed by atoms with Crippen LogP contribution in [0.25, 0.3) is 0 Å². The van der Waals surface area contributed by atoms with Crippen molar-refractivity contribution in [2.24, 2.45) is 0 Å². The lowest BCUT2D eigenvalue weighted by Gasteiger charge is -2.08. The Morgan fingerprint density at radius 3 is 2.67 bits per heavy atom. The van der Waals surface area contributed by atoms with Crippen LogP contribution < -0.4 is 0 Å². The molecular weight excluding hydrogens is 261 g/mol. The molecule has 1 unspecified atom stereocenters. The summed E-state index contributed by atoms with van der Waals surface area (Å²) in [6.07, 6.45) is 0. The van der Waals surface area contributed by atoms with Gasteiger partial charge in [0.05, 0.1) is 11.3 Å². The maximum absolute atomic E-state index is 13.0. The van der Waals surface area contributed by atoms with E-state index in [2.05, 4.69) is 0 Å². The van der Waals surface area contributed by atoms with Crippen LogP contribution in [0.3, 0.4) is 0 Å². The minimum absolute atomic E-state index is 0.182. The van der Waals surface area contributed by atoms with Gasteiger partial charge in [-0.1, -0.05) is 6.07 Å². The summed E-state index contributed by atoms with van der Waals surface area (Å²) in [6, 6.07) is 4.88. The molecule has 96 valence electrons. The average Bonchev–Trinajstić information content (AvgIpc) is 2.30. The lowest BCUT2D eigenvalue weighted by Crippen LogP contribution is -2.28. The molecule has 1 N–H and O–H groups in total. The number of hydrogen-bond donors (Lipinski definition) is 1. The standard InChI is InChI=1S/C11H10FNO4S/c1-7(11(14)15)18(16,17)6-8-2-3-10(12)9(4-8)5-13/h2-4,7H,6H2,1H3,(H,14,15). The van der Waals surface area contributed by atoms with Crippen molar-refractivity contribution in [2.45, 2.75) is 17.9 Å². The molecule has 0 fully saturated rings. The van der Waals surface area contributed by atoms with Gasteiger partial charge in [-0.05, 0) is 24.6 Å². The van der Waals surface area contributed by atoms with E-state index in [1.807, 2.05) is 0 Å². The highest BCUT2D eigenvalue weighted by atomic mass is 32.2. The second-order valence-corrected chi connectivity index (χ2v) is 6.04. The van der Waals surface area contributed by atoms with Crippen LogP contribution in [0.5, 0.6) is 0 Å². The van der Waals surface area contributed by atoms with E-state index in [-0.39, 0.29) is 11.1 Å². The minimum Gasteiger partial charge on any atom is -0.480 e. The number of aliphatic carboxylic acids is 1. The van der Waals surface area contributed by atoms with Crippen LogP contribution in [0.15, 0.2) is 18.2 Å². The third-order valence-electron chi connectivity index (χ3n) is 2.41. The molecular formula is C11H10FNO4S. The molecule has 0 saturated heterocycles. The second kappa shape index (κ2) is 5.14. The van der Waals surface area contributed by atoms with Crippen molar-refractivity contribution < 1.29 is 22.7 Å². The summed E-state index contributed by atoms with van der Waals surface area (Å²) in [6.45, 7) is 1.06. The van der Waals surface area contributed by atoms with Crippen molar-refractivity contribution in [2.75, 3.05) is 0 Å². The number of halogens is 1. The monoisotopic (exact) mass is 271 g/mol.